The molecule has 0 spiro atoms. The van der Waals surface area contributed by atoms with Gasteiger partial charge in [-0.05, 0) is 31.9 Å². The Bertz CT molecular complexity index is 428. The first kappa shape index (κ1) is 14.0. The van der Waals surface area contributed by atoms with Crippen molar-refractivity contribution in [3.05, 3.63) is 29.6 Å². The Morgan fingerprint density at radius 2 is 2.26 bits per heavy atom. The Labute approximate surface area is 113 Å². The quantitative estimate of drug-likeness (QED) is 0.879. The van der Waals surface area contributed by atoms with Crippen LogP contribution in [0.3, 0.4) is 0 Å². The maximum atomic E-state index is 12.3. The molecule has 1 aromatic rings. The fraction of sp³-hybridized carbons (Fsp3) is 0.571. The van der Waals surface area contributed by atoms with Crippen LogP contribution in [-0.4, -0.2) is 48.1 Å². The SMILES string of the molecule is Cc1cc(C(=O)N2CCC(OCCN)CC2)ccn1. The molecule has 2 heterocycles. The van der Waals surface area contributed by atoms with E-state index in [0.29, 0.717) is 18.7 Å². The standard InChI is InChI=1S/C14H21N3O2/c1-11-10-12(2-6-16-11)14(18)17-7-3-13(4-8-17)19-9-5-15/h2,6,10,13H,3-5,7-9,15H2,1H3. The van der Waals surface area contributed by atoms with Crippen LogP contribution < -0.4 is 5.73 Å². The van der Waals surface area contributed by atoms with Crippen LogP contribution in [0.5, 0.6) is 0 Å². The lowest BCUT2D eigenvalue weighted by Crippen LogP contribution is -2.41. The van der Waals surface area contributed by atoms with Gasteiger partial charge in [0.2, 0.25) is 0 Å². The predicted molar refractivity (Wildman–Crippen MR) is 72.9 cm³/mol. The van der Waals surface area contributed by atoms with Crippen LogP contribution in [0.2, 0.25) is 0 Å². The van der Waals surface area contributed by atoms with E-state index in [9.17, 15) is 4.79 Å². The molecule has 0 bridgehead atoms. The number of aromatic nitrogens is 1. The number of amides is 1. The van der Waals surface area contributed by atoms with Crippen molar-refractivity contribution in [2.45, 2.75) is 25.9 Å². The van der Waals surface area contributed by atoms with Gasteiger partial charge in [-0.1, -0.05) is 0 Å². The molecule has 1 aliphatic heterocycles. The van der Waals surface area contributed by atoms with Gasteiger partial charge in [-0.25, -0.2) is 0 Å². The summed E-state index contributed by atoms with van der Waals surface area (Å²) in [6.07, 6.45) is 3.69. The number of nitrogens with two attached hydrogens (primary N) is 1. The van der Waals surface area contributed by atoms with E-state index >= 15 is 0 Å². The lowest BCUT2D eigenvalue weighted by molar-refractivity contribution is 0.0121. The van der Waals surface area contributed by atoms with E-state index in [1.807, 2.05) is 17.9 Å². The highest BCUT2D eigenvalue weighted by atomic mass is 16.5. The Hall–Kier alpha value is -1.46. The van der Waals surface area contributed by atoms with Crippen LogP contribution in [0.25, 0.3) is 0 Å². The van der Waals surface area contributed by atoms with Crippen LogP contribution in [-0.2, 0) is 4.74 Å². The van der Waals surface area contributed by atoms with Gasteiger partial charge < -0.3 is 15.4 Å². The molecule has 5 nitrogen and oxygen atoms in total. The van der Waals surface area contributed by atoms with E-state index in [4.69, 9.17) is 10.5 Å². The molecule has 1 fully saturated rings. The summed E-state index contributed by atoms with van der Waals surface area (Å²) in [5, 5.41) is 0. The fourth-order valence-corrected chi connectivity index (χ4v) is 2.32. The number of aryl methyl sites for hydroxylation is 1. The number of hydrogen-bond acceptors (Lipinski definition) is 4. The molecule has 1 aliphatic rings. The van der Waals surface area contributed by atoms with Crippen molar-refractivity contribution in [1.29, 1.82) is 0 Å². The van der Waals surface area contributed by atoms with E-state index in [1.165, 1.54) is 0 Å². The van der Waals surface area contributed by atoms with Gasteiger partial charge >= 0.3 is 0 Å². The van der Waals surface area contributed by atoms with Crippen molar-refractivity contribution >= 4 is 5.91 Å². The van der Waals surface area contributed by atoms with Crippen molar-refractivity contribution < 1.29 is 9.53 Å². The van der Waals surface area contributed by atoms with Gasteiger partial charge in [0.25, 0.3) is 5.91 Å². The number of nitrogens with zero attached hydrogens (tertiary/aromatic N) is 2. The molecule has 2 rings (SSSR count). The number of likely N-dealkylation sites (tertiary alicyclic amines) is 1. The average molecular weight is 263 g/mol. The predicted octanol–water partition coefficient (Wildman–Crippen LogP) is 0.970. The number of carbonyl (C=O) groups is 1. The second-order valence-corrected chi connectivity index (χ2v) is 4.84. The van der Waals surface area contributed by atoms with Crippen LogP contribution in [0.1, 0.15) is 28.9 Å². The summed E-state index contributed by atoms with van der Waals surface area (Å²) >= 11 is 0. The maximum Gasteiger partial charge on any atom is 0.253 e. The van der Waals surface area contributed by atoms with Crippen molar-refractivity contribution in [2.75, 3.05) is 26.2 Å². The number of rotatable bonds is 4. The summed E-state index contributed by atoms with van der Waals surface area (Å²) in [4.78, 5) is 18.3. The average Bonchev–Trinajstić information content (AvgIpc) is 2.45. The molecule has 5 heteroatoms. The summed E-state index contributed by atoms with van der Waals surface area (Å²) in [5.74, 6) is 0.0859. The zero-order valence-electron chi connectivity index (χ0n) is 11.3. The summed E-state index contributed by atoms with van der Waals surface area (Å²) in [6.45, 7) is 4.53. The lowest BCUT2D eigenvalue weighted by atomic mass is 10.1. The summed E-state index contributed by atoms with van der Waals surface area (Å²) in [5.41, 5.74) is 7.00. The summed E-state index contributed by atoms with van der Waals surface area (Å²) in [6, 6.07) is 3.60. The third-order valence-electron chi connectivity index (χ3n) is 3.34. The first-order valence-electron chi connectivity index (χ1n) is 6.74. The van der Waals surface area contributed by atoms with E-state index in [-0.39, 0.29) is 12.0 Å². The van der Waals surface area contributed by atoms with Gasteiger partial charge in [0.05, 0.1) is 12.7 Å². The van der Waals surface area contributed by atoms with Gasteiger partial charge in [-0.15, -0.1) is 0 Å². The zero-order valence-corrected chi connectivity index (χ0v) is 11.3. The largest absolute Gasteiger partial charge is 0.377 e. The molecule has 0 atom stereocenters. The van der Waals surface area contributed by atoms with Gasteiger partial charge in [0, 0.05) is 37.1 Å². The smallest absolute Gasteiger partial charge is 0.253 e. The summed E-state index contributed by atoms with van der Waals surface area (Å²) in [7, 11) is 0. The van der Waals surface area contributed by atoms with Crippen molar-refractivity contribution in [1.82, 2.24) is 9.88 Å². The van der Waals surface area contributed by atoms with E-state index in [0.717, 1.165) is 31.6 Å². The number of ether oxygens (including phenoxy) is 1. The lowest BCUT2D eigenvalue weighted by Gasteiger charge is -2.32. The van der Waals surface area contributed by atoms with Crippen LogP contribution in [0.4, 0.5) is 0 Å². The number of pyridine rings is 1. The molecule has 2 N–H and O–H groups in total. The van der Waals surface area contributed by atoms with E-state index in [2.05, 4.69) is 4.98 Å². The van der Waals surface area contributed by atoms with Crippen LogP contribution in [0.15, 0.2) is 18.3 Å². The maximum absolute atomic E-state index is 12.3. The van der Waals surface area contributed by atoms with Crippen molar-refractivity contribution in [2.24, 2.45) is 5.73 Å². The molecule has 0 saturated carbocycles. The molecule has 1 aromatic heterocycles. The van der Waals surface area contributed by atoms with Gasteiger partial charge in [0.1, 0.15) is 0 Å². The molecule has 1 saturated heterocycles. The first-order valence-corrected chi connectivity index (χ1v) is 6.74. The number of piperidine rings is 1. The normalized spacial score (nSPS) is 16.6. The number of hydrogen-bond donors (Lipinski definition) is 1. The molecule has 0 aromatic carbocycles. The molecule has 104 valence electrons. The van der Waals surface area contributed by atoms with Crippen LogP contribution >= 0.6 is 0 Å². The molecule has 19 heavy (non-hydrogen) atoms. The van der Waals surface area contributed by atoms with E-state index < -0.39 is 0 Å². The monoisotopic (exact) mass is 263 g/mol. The number of carbonyl (C=O) groups excluding carboxylic acids is 1. The first-order chi connectivity index (χ1) is 9.20. The molecular weight excluding hydrogens is 242 g/mol. The zero-order chi connectivity index (χ0) is 13.7. The highest BCUT2D eigenvalue weighted by molar-refractivity contribution is 5.94. The molecule has 0 unspecified atom stereocenters. The minimum atomic E-state index is 0.0859. The molecule has 0 aliphatic carbocycles. The molecule has 0 radical (unpaired) electrons. The Morgan fingerprint density at radius 1 is 1.53 bits per heavy atom. The Balaban J connectivity index is 1.89. The van der Waals surface area contributed by atoms with Crippen molar-refractivity contribution in [3.8, 4) is 0 Å². The highest BCUT2D eigenvalue weighted by Crippen LogP contribution is 2.16. The third kappa shape index (κ3) is 3.75. The summed E-state index contributed by atoms with van der Waals surface area (Å²) < 4.78 is 5.61. The Morgan fingerprint density at radius 3 is 2.89 bits per heavy atom. The highest BCUT2D eigenvalue weighted by Gasteiger charge is 2.23. The van der Waals surface area contributed by atoms with Crippen molar-refractivity contribution in [3.63, 3.8) is 0 Å². The molecular formula is C14H21N3O2. The Kier molecular flexibility index (Phi) is 4.87. The fourth-order valence-electron chi connectivity index (χ4n) is 2.32. The third-order valence-corrected chi connectivity index (χ3v) is 3.34. The topological polar surface area (TPSA) is 68.5 Å². The minimum absolute atomic E-state index is 0.0859. The van der Waals surface area contributed by atoms with Gasteiger partial charge in [-0.3, -0.25) is 9.78 Å². The van der Waals surface area contributed by atoms with Crippen LogP contribution in [0, 0.1) is 6.92 Å². The van der Waals surface area contributed by atoms with E-state index in [1.54, 1.807) is 12.3 Å². The molecule has 1 amide bonds. The second kappa shape index (κ2) is 6.63. The van der Waals surface area contributed by atoms with Gasteiger partial charge in [-0.2, -0.15) is 0 Å². The minimum Gasteiger partial charge on any atom is -0.377 e. The second-order valence-electron chi connectivity index (χ2n) is 4.84. The van der Waals surface area contributed by atoms with Gasteiger partial charge in [0.15, 0.2) is 0 Å².